The van der Waals surface area contributed by atoms with Gasteiger partial charge in [-0.2, -0.15) is 0 Å². The number of nitrogens with one attached hydrogen (secondary N) is 1. The van der Waals surface area contributed by atoms with Gasteiger partial charge in [-0.3, -0.25) is 0 Å². The van der Waals surface area contributed by atoms with Crippen LogP contribution in [0.2, 0.25) is 0 Å². The van der Waals surface area contributed by atoms with Crippen molar-refractivity contribution in [3.05, 3.63) is 23.9 Å². The van der Waals surface area contributed by atoms with Crippen LogP contribution in [0.3, 0.4) is 0 Å². The molecule has 0 fully saturated rings. The smallest absolute Gasteiger partial charge is 0.128 e. The highest BCUT2D eigenvalue weighted by atomic mass is 16.3. The number of anilines is 1. The summed E-state index contributed by atoms with van der Waals surface area (Å²) in [5.74, 6) is 0.956. The monoisotopic (exact) mass is 251 g/mol. The van der Waals surface area contributed by atoms with Crippen molar-refractivity contribution in [3.63, 3.8) is 0 Å². The Bertz CT molecular complexity index is 322. The van der Waals surface area contributed by atoms with Crippen molar-refractivity contribution in [1.29, 1.82) is 0 Å². The van der Waals surface area contributed by atoms with Crippen LogP contribution in [0.15, 0.2) is 18.3 Å². The number of hydrogen-bond donors (Lipinski definition) is 2. The molecule has 0 spiro atoms. The first kappa shape index (κ1) is 14.9. The maximum absolute atomic E-state index is 9.20. The Kier molecular flexibility index (Phi) is 6.68. The summed E-state index contributed by atoms with van der Waals surface area (Å²) in [7, 11) is 1.93. The molecule has 18 heavy (non-hydrogen) atoms. The average Bonchev–Trinajstić information content (AvgIpc) is 2.40. The van der Waals surface area contributed by atoms with E-state index >= 15 is 0 Å². The van der Waals surface area contributed by atoms with Crippen LogP contribution in [0, 0.1) is 0 Å². The normalized spacial score (nSPS) is 10.9. The highest BCUT2D eigenvalue weighted by Gasteiger charge is 2.16. The van der Waals surface area contributed by atoms with Gasteiger partial charge >= 0.3 is 0 Å². The minimum Gasteiger partial charge on any atom is -0.395 e. The molecule has 0 bridgehead atoms. The molecular formula is C14H25N3O. The Hall–Kier alpha value is -1.13. The Morgan fingerprint density at radius 3 is 2.50 bits per heavy atom. The van der Waals surface area contributed by atoms with Gasteiger partial charge in [0.1, 0.15) is 5.82 Å². The first-order valence-electron chi connectivity index (χ1n) is 6.73. The summed E-state index contributed by atoms with van der Waals surface area (Å²) in [6.07, 6.45) is 4.03. The van der Waals surface area contributed by atoms with E-state index in [0.29, 0.717) is 12.6 Å². The first-order chi connectivity index (χ1) is 8.76. The van der Waals surface area contributed by atoms with Gasteiger partial charge in [0.25, 0.3) is 0 Å². The third-order valence-electron chi connectivity index (χ3n) is 3.21. The lowest BCUT2D eigenvalue weighted by atomic mass is 10.1. The summed E-state index contributed by atoms with van der Waals surface area (Å²) >= 11 is 0. The van der Waals surface area contributed by atoms with E-state index in [4.69, 9.17) is 0 Å². The zero-order chi connectivity index (χ0) is 13.4. The van der Waals surface area contributed by atoms with Gasteiger partial charge in [-0.15, -0.1) is 0 Å². The molecule has 0 aliphatic rings. The van der Waals surface area contributed by atoms with E-state index < -0.39 is 0 Å². The number of aromatic nitrogens is 1. The van der Waals surface area contributed by atoms with Gasteiger partial charge in [0.05, 0.1) is 6.61 Å². The Balaban J connectivity index is 2.84. The molecule has 0 atom stereocenters. The van der Waals surface area contributed by atoms with Crippen LogP contribution in [-0.2, 0) is 6.54 Å². The fourth-order valence-corrected chi connectivity index (χ4v) is 2.22. The van der Waals surface area contributed by atoms with Crippen molar-refractivity contribution in [3.8, 4) is 0 Å². The SMILES string of the molecule is CCC(CC)N(CCO)c1ccc(CNC)cn1. The van der Waals surface area contributed by atoms with Crippen molar-refractivity contribution < 1.29 is 5.11 Å². The minimum atomic E-state index is 0.163. The van der Waals surface area contributed by atoms with Gasteiger partial charge in [-0.25, -0.2) is 4.98 Å². The van der Waals surface area contributed by atoms with E-state index in [-0.39, 0.29) is 6.61 Å². The van der Waals surface area contributed by atoms with E-state index in [1.807, 2.05) is 19.3 Å². The molecule has 1 aromatic heterocycles. The van der Waals surface area contributed by atoms with Crippen molar-refractivity contribution in [1.82, 2.24) is 10.3 Å². The van der Waals surface area contributed by atoms with Crippen LogP contribution in [0.4, 0.5) is 5.82 Å². The molecule has 0 amide bonds. The second kappa shape index (κ2) is 8.06. The molecule has 0 radical (unpaired) electrons. The second-order valence-corrected chi connectivity index (χ2v) is 4.44. The summed E-state index contributed by atoms with van der Waals surface area (Å²) in [5.41, 5.74) is 1.18. The molecule has 0 aliphatic carbocycles. The molecular weight excluding hydrogens is 226 g/mol. The zero-order valence-corrected chi connectivity index (χ0v) is 11.7. The van der Waals surface area contributed by atoms with Crippen LogP contribution in [0.5, 0.6) is 0 Å². The third kappa shape index (κ3) is 3.96. The Morgan fingerprint density at radius 2 is 2.06 bits per heavy atom. The van der Waals surface area contributed by atoms with E-state index in [9.17, 15) is 5.11 Å². The molecule has 0 unspecified atom stereocenters. The number of rotatable bonds is 8. The van der Waals surface area contributed by atoms with Gasteiger partial charge < -0.3 is 15.3 Å². The van der Waals surface area contributed by atoms with Crippen LogP contribution < -0.4 is 10.2 Å². The quantitative estimate of drug-likeness (QED) is 0.739. The van der Waals surface area contributed by atoms with Crippen molar-refractivity contribution in [2.45, 2.75) is 39.3 Å². The number of aliphatic hydroxyl groups excluding tert-OH is 1. The van der Waals surface area contributed by atoms with Gasteiger partial charge in [0.2, 0.25) is 0 Å². The first-order valence-corrected chi connectivity index (χ1v) is 6.73. The highest BCUT2D eigenvalue weighted by molar-refractivity contribution is 5.40. The molecule has 0 aromatic carbocycles. The predicted molar refractivity (Wildman–Crippen MR) is 75.8 cm³/mol. The molecule has 0 saturated heterocycles. The fourth-order valence-electron chi connectivity index (χ4n) is 2.22. The Labute approximate surface area is 110 Å². The van der Waals surface area contributed by atoms with E-state index in [0.717, 1.165) is 25.2 Å². The summed E-state index contributed by atoms with van der Waals surface area (Å²) in [6.45, 7) is 5.99. The van der Waals surface area contributed by atoms with E-state index in [1.165, 1.54) is 5.56 Å². The Morgan fingerprint density at radius 1 is 1.33 bits per heavy atom. The van der Waals surface area contributed by atoms with Crippen molar-refractivity contribution in [2.24, 2.45) is 0 Å². The lowest BCUT2D eigenvalue weighted by Gasteiger charge is -2.31. The number of aliphatic hydroxyl groups is 1. The fraction of sp³-hybridized carbons (Fsp3) is 0.643. The lowest BCUT2D eigenvalue weighted by molar-refractivity contribution is 0.295. The van der Waals surface area contributed by atoms with Crippen LogP contribution in [-0.4, -0.2) is 36.3 Å². The lowest BCUT2D eigenvalue weighted by Crippen LogP contribution is -2.37. The van der Waals surface area contributed by atoms with Crippen LogP contribution in [0.25, 0.3) is 0 Å². The molecule has 102 valence electrons. The van der Waals surface area contributed by atoms with Gasteiger partial charge in [-0.05, 0) is 31.5 Å². The zero-order valence-electron chi connectivity index (χ0n) is 11.7. The maximum atomic E-state index is 9.20. The molecule has 2 N–H and O–H groups in total. The van der Waals surface area contributed by atoms with E-state index in [2.05, 4.69) is 35.1 Å². The number of nitrogens with zero attached hydrogens (tertiary/aromatic N) is 2. The van der Waals surface area contributed by atoms with E-state index in [1.54, 1.807) is 0 Å². The second-order valence-electron chi connectivity index (χ2n) is 4.44. The summed E-state index contributed by atoms with van der Waals surface area (Å²) in [5, 5.41) is 12.3. The summed E-state index contributed by atoms with van der Waals surface area (Å²) in [4.78, 5) is 6.71. The van der Waals surface area contributed by atoms with Crippen molar-refractivity contribution in [2.75, 3.05) is 25.1 Å². The largest absolute Gasteiger partial charge is 0.395 e. The van der Waals surface area contributed by atoms with Crippen LogP contribution in [0.1, 0.15) is 32.3 Å². The van der Waals surface area contributed by atoms with Gasteiger partial charge in [-0.1, -0.05) is 19.9 Å². The highest BCUT2D eigenvalue weighted by Crippen LogP contribution is 2.18. The molecule has 0 aliphatic heterocycles. The minimum absolute atomic E-state index is 0.163. The predicted octanol–water partition coefficient (Wildman–Crippen LogP) is 1.79. The maximum Gasteiger partial charge on any atom is 0.128 e. The topological polar surface area (TPSA) is 48.4 Å². The molecule has 1 heterocycles. The van der Waals surface area contributed by atoms with Crippen LogP contribution >= 0.6 is 0 Å². The molecule has 1 aromatic rings. The van der Waals surface area contributed by atoms with Crippen molar-refractivity contribution >= 4 is 5.82 Å². The average molecular weight is 251 g/mol. The van der Waals surface area contributed by atoms with Gasteiger partial charge in [0, 0.05) is 25.3 Å². The van der Waals surface area contributed by atoms with Gasteiger partial charge in [0.15, 0.2) is 0 Å². The summed E-state index contributed by atoms with van der Waals surface area (Å²) < 4.78 is 0. The summed E-state index contributed by atoms with van der Waals surface area (Å²) in [6, 6.07) is 4.58. The third-order valence-corrected chi connectivity index (χ3v) is 3.21. The standard InChI is InChI=1S/C14H25N3O/c1-4-13(5-2)17(8-9-18)14-7-6-12(10-15-3)11-16-14/h6-7,11,13,15,18H,4-5,8-10H2,1-3H3. The molecule has 1 rings (SSSR count). The molecule has 4 nitrogen and oxygen atoms in total. The number of hydrogen-bond acceptors (Lipinski definition) is 4. The molecule has 0 saturated carbocycles. The number of pyridine rings is 1. The molecule has 4 heteroatoms.